The summed E-state index contributed by atoms with van der Waals surface area (Å²) in [6.07, 6.45) is 6.97. The van der Waals surface area contributed by atoms with E-state index >= 15 is 0 Å². The van der Waals surface area contributed by atoms with E-state index in [1.807, 2.05) is 20.8 Å². The Morgan fingerprint density at radius 2 is 1.03 bits per heavy atom. The molecule has 0 aromatic heterocycles. The molecule has 14 rings (SSSR count). The minimum atomic E-state index is -0.830. The van der Waals surface area contributed by atoms with Crippen molar-refractivity contribution in [2.45, 2.75) is 141 Å². The van der Waals surface area contributed by atoms with Crippen LogP contribution in [0.1, 0.15) is 98.8 Å². The van der Waals surface area contributed by atoms with Gasteiger partial charge in [-0.1, -0.05) is 13.8 Å². The second-order valence-corrected chi connectivity index (χ2v) is 27.6. The van der Waals surface area contributed by atoms with Gasteiger partial charge < -0.3 is 38.6 Å². The fourth-order valence-electron chi connectivity index (χ4n) is 21.9. The molecule has 398 valence electrons. The van der Waals surface area contributed by atoms with Crippen molar-refractivity contribution >= 4 is 41.7 Å². The van der Waals surface area contributed by atoms with Crippen LogP contribution in [0, 0.1) is 148 Å². The molecule has 0 aromatic carbocycles. The molecule has 2 amide bonds. The normalized spacial score (nSPS) is 54.6. The predicted octanol–water partition coefficient (Wildman–Crippen LogP) is 4.80. The monoisotopic (exact) mass is 1010 g/mol. The van der Waals surface area contributed by atoms with Crippen LogP contribution in [-0.2, 0) is 62.0 Å². The lowest BCUT2D eigenvalue weighted by molar-refractivity contribution is -0.164. The van der Waals surface area contributed by atoms with Crippen LogP contribution >= 0.6 is 0 Å². The molecular weight excluding hydrogens is 939 g/mol. The van der Waals surface area contributed by atoms with E-state index in [0.717, 1.165) is 44.9 Å². The summed E-state index contributed by atoms with van der Waals surface area (Å²) in [5.41, 5.74) is -0.551. The summed E-state index contributed by atoms with van der Waals surface area (Å²) < 4.78 is 38.5. The number of likely N-dealkylation sites (tertiary alicyclic amines) is 1. The number of imide groups is 1. The van der Waals surface area contributed by atoms with Crippen molar-refractivity contribution in [2.75, 3.05) is 20.3 Å². The quantitative estimate of drug-likeness (QED) is 0.110. The number of rotatable bonds is 13. The summed E-state index contributed by atoms with van der Waals surface area (Å²) in [6.45, 7) is 9.62. The zero-order valence-corrected chi connectivity index (χ0v) is 43.0. The number of carbonyl (C=O) groups excluding carboxylic acids is 6. The Morgan fingerprint density at radius 1 is 0.575 bits per heavy atom. The molecule has 16 nitrogen and oxygen atoms in total. The van der Waals surface area contributed by atoms with E-state index < -0.39 is 53.1 Å². The predicted molar refractivity (Wildman–Crippen MR) is 251 cm³/mol. The van der Waals surface area contributed by atoms with Gasteiger partial charge >= 0.3 is 29.8 Å². The van der Waals surface area contributed by atoms with Crippen LogP contribution in [0.15, 0.2) is 0 Å². The Balaban J connectivity index is 0.797. The van der Waals surface area contributed by atoms with Crippen molar-refractivity contribution in [3.05, 3.63) is 0 Å². The van der Waals surface area contributed by atoms with E-state index in [1.165, 1.54) is 11.9 Å². The molecule has 0 aromatic rings. The van der Waals surface area contributed by atoms with E-state index in [9.17, 15) is 43.8 Å². The maximum Gasteiger partial charge on any atom is 0.317 e. The minimum Gasteiger partial charge on any atom is -0.481 e. The zero-order chi connectivity index (χ0) is 50.7. The highest BCUT2D eigenvalue weighted by molar-refractivity contribution is 6.05. The number of esters is 4. The Morgan fingerprint density at radius 3 is 1.55 bits per heavy atom. The van der Waals surface area contributed by atoms with Crippen LogP contribution in [-0.4, -0.2) is 119 Å². The van der Waals surface area contributed by atoms with Gasteiger partial charge in [0.05, 0.1) is 84.7 Å². The first-order valence-electron chi connectivity index (χ1n) is 28.6. The standard InChI is InChI=1S/C57H75NO15/c1-19-24(45-42-28-10-22(38(42)44(19)69-45)14-37(28)56(67)73-57(3,4)5)15-29-31(48-43-27-11-23(40(43)46(29)70-48)13-36(27)54(65)68-8-7-59)17-30-32(49-41-26-9-21(12-35(26)52(62)63)39(41)47(30)71-49)18-34-33(50(60)58(6)51(34)61)16-25-20(2)53(64)72-55(25)66/h19-49,59H,7-18H2,1-6H3,(H,62,63). The average molecular weight is 1010 g/mol. The summed E-state index contributed by atoms with van der Waals surface area (Å²) >= 11 is 0. The van der Waals surface area contributed by atoms with Crippen LogP contribution in [0.25, 0.3) is 0 Å². The lowest BCUT2D eigenvalue weighted by Gasteiger charge is -2.48. The van der Waals surface area contributed by atoms with Crippen molar-refractivity contribution < 1.29 is 72.2 Å². The van der Waals surface area contributed by atoms with Crippen molar-refractivity contribution in [3.8, 4) is 0 Å². The first-order chi connectivity index (χ1) is 34.8. The van der Waals surface area contributed by atoms with E-state index in [0.29, 0.717) is 48.3 Å². The Hall–Kier alpha value is -3.47. The molecule has 73 heavy (non-hydrogen) atoms. The number of hydrogen-bond acceptors (Lipinski definition) is 14. The molecule has 8 aliphatic heterocycles. The molecule has 0 radical (unpaired) electrons. The second kappa shape index (κ2) is 16.5. The largest absolute Gasteiger partial charge is 0.481 e. The third-order valence-corrected chi connectivity index (χ3v) is 24.1. The van der Waals surface area contributed by atoms with Gasteiger partial charge in [0.1, 0.15) is 12.2 Å². The highest BCUT2D eigenvalue weighted by Gasteiger charge is 2.75. The van der Waals surface area contributed by atoms with Gasteiger partial charge in [0.15, 0.2) is 0 Å². The van der Waals surface area contributed by atoms with Crippen molar-refractivity contribution in [1.29, 1.82) is 0 Å². The van der Waals surface area contributed by atoms with Gasteiger partial charge in [-0.2, -0.15) is 0 Å². The van der Waals surface area contributed by atoms with E-state index in [2.05, 4.69) is 6.92 Å². The smallest absolute Gasteiger partial charge is 0.317 e. The maximum atomic E-state index is 14.4. The van der Waals surface area contributed by atoms with E-state index in [4.69, 9.17) is 28.4 Å². The molecule has 0 spiro atoms. The van der Waals surface area contributed by atoms with Crippen LogP contribution in [0.2, 0.25) is 0 Å². The molecule has 12 bridgehead atoms. The third-order valence-electron chi connectivity index (χ3n) is 24.1. The molecule has 2 N–H and O–H groups in total. The van der Waals surface area contributed by atoms with Crippen molar-refractivity contribution in [3.63, 3.8) is 0 Å². The Labute approximate surface area is 426 Å². The van der Waals surface area contributed by atoms with E-state index in [1.54, 1.807) is 6.92 Å². The number of aliphatic hydroxyl groups excluding tert-OH is 1. The highest BCUT2D eigenvalue weighted by Crippen LogP contribution is 2.73. The first kappa shape index (κ1) is 47.9. The molecule has 31 atom stereocenters. The Kier molecular flexibility index (Phi) is 10.9. The number of ether oxygens (including phenoxy) is 6. The molecule has 14 aliphatic rings. The summed E-state index contributed by atoms with van der Waals surface area (Å²) in [5, 5.41) is 20.0. The van der Waals surface area contributed by atoms with Gasteiger partial charge in [0.2, 0.25) is 11.8 Å². The average Bonchev–Trinajstić information content (AvgIpc) is 4.18. The number of hydrogen-bond donors (Lipinski definition) is 2. The Bertz CT molecular complexity index is 2400. The number of carbonyl (C=O) groups is 7. The first-order valence-corrected chi connectivity index (χ1v) is 28.6. The van der Waals surface area contributed by atoms with Crippen LogP contribution < -0.4 is 0 Å². The topological polar surface area (TPSA) is 219 Å². The van der Waals surface area contributed by atoms with Crippen molar-refractivity contribution in [2.24, 2.45) is 148 Å². The fourth-order valence-corrected chi connectivity index (χ4v) is 21.9. The second-order valence-electron chi connectivity index (χ2n) is 27.6. The SMILES string of the molecule is CC1C(=O)OC(=O)C1CC1C(=O)N(C)C(=O)C1CC1C(CC2C(CC3C(C)C4OC3C3C5CC(CC5C(=O)OC(C)(C)C)C43)C3OC2C2C4CC(CC4C(=O)OCCO)C32)C2OC1C1C3CC(CC3C(=O)O)C21. The van der Waals surface area contributed by atoms with Crippen LogP contribution in [0.5, 0.6) is 0 Å². The fraction of sp³-hybridized carbons (Fsp3) is 0.877. The lowest BCUT2D eigenvalue weighted by atomic mass is 9.54. The van der Waals surface area contributed by atoms with Crippen LogP contribution in [0.4, 0.5) is 0 Å². The molecule has 16 heteroatoms. The summed E-state index contributed by atoms with van der Waals surface area (Å²) in [7, 11) is 1.50. The third kappa shape index (κ3) is 6.65. The lowest BCUT2D eigenvalue weighted by Crippen LogP contribution is -2.51. The van der Waals surface area contributed by atoms with Gasteiger partial charge in [0, 0.05) is 7.05 Å². The van der Waals surface area contributed by atoms with Gasteiger partial charge in [-0.25, -0.2) is 0 Å². The summed E-state index contributed by atoms with van der Waals surface area (Å²) in [4.78, 5) is 95.4. The number of amides is 2. The van der Waals surface area contributed by atoms with Crippen molar-refractivity contribution in [1.82, 2.24) is 4.90 Å². The zero-order valence-electron chi connectivity index (χ0n) is 43.0. The van der Waals surface area contributed by atoms with Gasteiger partial charge in [-0.3, -0.25) is 38.5 Å². The molecule has 8 heterocycles. The number of carboxylic acid groups (broad SMARTS) is 1. The number of aliphatic hydroxyl groups is 1. The van der Waals surface area contributed by atoms with Gasteiger partial charge in [0.25, 0.3) is 0 Å². The molecule has 6 aliphatic carbocycles. The van der Waals surface area contributed by atoms with Gasteiger partial charge in [-0.05, 0) is 192 Å². The molecule has 6 saturated carbocycles. The van der Waals surface area contributed by atoms with E-state index in [-0.39, 0.29) is 163 Å². The highest BCUT2D eigenvalue weighted by atomic mass is 16.6. The summed E-state index contributed by atoms with van der Waals surface area (Å²) in [6, 6.07) is 0. The minimum absolute atomic E-state index is 0.00340. The maximum absolute atomic E-state index is 14.4. The number of nitrogens with zero attached hydrogens (tertiary/aromatic N) is 1. The van der Waals surface area contributed by atoms with Crippen LogP contribution in [0.3, 0.4) is 0 Å². The van der Waals surface area contributed by atoms with Gasteiger partial charge in [-0.15, -0.1) is 0 Å². The molecule has 8 saturated heterocycles. The number of aliphatic carboxylic acids is 1. The number of cyclic esters (lactones) is 2. The number of fused-ring (bicyclic) bond motifs is 27. The molecule has 31 unspecified atom stereocenters. The summed E-state index contributed by atoms with van der Waals surface area (Å²) in [5.74, 6) is -3.20. The number of carboxylic acids is 1. The molecular formula is C57H75NO15. The molecule has 14 fully saturated rings.